The molecule has 2 nitrogen and oxygen atoms in total. The van der Waals surface area contributed by atoms with E-state index in [2.05, 4.69) is 35.4 Å². The Kier molecular flexibility index (Phi) is 4.00. The average Bonchev–Trinajstić information content (AvgIpc) is 3.18. The van der Waals surface area contributed by atoms with E-state index in [-0.39, 0.29) is 0 Å². The second-order valence-corrected chi connectivity index (χ2v) is 6.79. The Bertz CT molecular complexity index is 817. The van der Waals surface area contributed by atoms with Gasteiger partial charge in [-0.2, -0.15) is 0 Å². The number of aromatic nitrogens is 1. The molecule has 1 fully saturated rings. The van der Waals surface area contributed by atoms with E-state index < -0.39 is 0 Å². The summed E-state index contributed by atoms with van der Waals surface area (Å²) in [5.41, 5.74) is 3.66. The topological polar surface area (TPSA) is 25.0 Å². The van der Waals surface area contributed by atoms with Crippen molar-refractivity contribution in [2.45, 2.75) is 38.2 Å². The van der Waals surface area contributed by atoms with Gasteiger partial charge in [0.05, 0.1) is 6.10 Å². The number of hydrogen-bond donors (Lipinski definition) is 1. The molecule has 1 N–H and O–H groups in total. The van der Waals surface area contributed by atoms with Gasteiger partial charge in [-0.25, -0.2) is 0 Å². The Morgan fingerprint density at radius 2 is 1.96 bits per heavy atom. The molecule has 23 heavy (non-hydrogen) atoms. The molecule has 0 radical (unpaired) electrons. The first-order valence-corrected chi connectivity index (χ1v) is 8.67. The van der Waals surface area contributed by atoms with Crippen LogP contribution in [0.15, 0.2) is 48.7 Å². The van der Waals surface area contributed by atoms with Crippen molar-refractivity contribution >= 4 is 22.5 Å². The summed E-state index contributed by atoms with van der Waals surface area (Å²) in [6.45, 7) is 0. The van der Waals surface area contributed by atoms with E-state index in [4.69, 9.17) is 16.3 Å². The Balaban J connectivity index is 1.56. The van der Waals surface area contributed by atoms with E-state index in [1.165, 1.54) is 42.2 Å². The summed E-state index contributed by atoms with van der Waals surface area (Å²) in [6.07, 6.45) is 8.31. The van der Waals surface area contributed by atoms with Crippen LogP contribution >= 0.6 is 11.6 Å². The number of rotatable bonds is 4. The molecule has 0 spiro atoms. The molecule has 0 unspecified atom stereocenters. The highest BCUT2D eigenvalue weighted by Gasteiger charge is 2.16. The Morgan fingerprint density at radius 1 is 1.09 bits per heavy atom. The Labute approximate surface area is 141 Å². The fourth-order valence-corrected chi connectivity index (χ4v) is 3.62. The van der Waals surface area contributed by atoms with Gasteiger partial charge in [-0.15, -0.1) is 0 Å². The SMILES string of the molecule is Clc1ccc2[nH]cc(Cc3cccc(OC4CCCC4)c3)c2c1. The second-order valence-electron chi connectivity index (χ2n) is 6.35. The van der Waals surface area contributed by atoms with Crippen LogP contribution in [0.5, 0.6) is 5.75 Å². The molecule has 1 saturated carbocycles. The van der Waals surface area contributed by atoms with Gasteiger partial charge >= 0.3 is 0 Å². The fraction of sp³-hybridized carbons (Fsp3) is 0.300. The highest BCUT2D eigenvalue weighted by atomic mass is 35.5. The second kappa shape index (κ2) is 6.29. The van der Waals surface area contributed by atoms with E-state index in [1.54, 1.807) is 0 Å². The Hall–Kier alpha value is -1.93. The molecule has 1 aliphatic rings. The molecule has 0 atom stereocenters. The minimum atomic E-state index is 0.400. The predicted octanol–water partition coefficient (Wildman–Crippen LogP) is 5.73. The standard InChI is InChI=1S/C20H20ClNO/c21-16-8-9-20-19(12-16)15(13-22-20)10-14-4-3-7-18(11-14)23-17-5-1-2-6-17/h3-4,7-9,11-13,17,22H,1-2,5-6,10H2. The molecule has 1 aromatic heterocycles. The molecule has 0 amide bonds. The predicted molar refractivity (Wildman–Crippen MR) is 95.4 cm³/mol. The van der Waals surface area contributed by atoms with E-state index in [0.29, 0.717) is 6.10 Å². The van der Waals surface area contributed by atoms with E-state index >= 15 is 0 Å². The quantitative estimate of drug-likeness (QED) is 0.650. The maximum Gasteiger partial charge on any atom is 0.120 e. The molecule has 4 rings (SSSR count). The highest BCUT2D eigenvalue weighted by Crippen LogP contribution is 2.27. The smallest absolute Gasteiger partial charge is 0.120 e. The molecular formula is C20H20ClNO. The summed E-state index contributed by atoms with van der Waals surface area (Å²) in [4.78, 5) is 3.32. The zero-order valence-electron chi connectivity index (χ0n) is 13.0. The summed E-state index contributed by atoms with van der Waals surface area (Å²) in [5, 5.41) is 1.97. The van der Waals surface area contributed by atoms with Crippen LogP contribution < -0.4 is 4.74 Å². The van der Waals surface area contributed by atoms with Crippen LogP contribution in [-0.4, -0.2) is 11.1 Å². The number of hydrogen-bond acceptors (Lipinski definition) is 1. The zero-order valence-corrected chi connectivity index (χ0v) is 13.8. The molecule has 1 heterocycles. The summed E-state index contributed by atoms with van der Waals surface area (Å²) in [6, 6.07) is 14.4. The normalized spacial score (nSPS) is 15.3. The van der Waals surface area contributed by atoms with Crippen molar-refractivity contribution in [3.63, 3.8) is 0 Å². The van der Waals surface area contributed by atoms with Gasteiger partial charge in [0.1, 0.15) is 5.75 Å². The average molecular weight is 326 g/mol. The summed E-state index contributed by atoms with van der Waals surface area (Å²) < 4.78 is 6.11. The number of benzene rings is 2. The molecule has 3 aromatic rings. The van der Waals surface area contributed by atoms with Crippen LogP contribution in [-0.2, 0) is 6.42 Å². The summed E-state index contributed by atoms with van der Waals surface area (Å²) in [7, 11) is 0. The lowest BCUT2D eigenvalue weighted by Crippen LogP contribution is -2.10. The number of ether oxygens (including phenoxy) is 1. The van der Waals surface area contributed by atoms with Gasteiger partial charge in [0.2, 0.25) is 0 Å². The van der Waals surface area contributed by atoms with Crippen molar-refractivity contribution in [2.24, 2.45) is 0 Å². The Morgan fingerprint density at radius 3 is 2.83 bits per heavy atom. The van der Waals surface area contributed by atoms with Gasteiger partial charge in [-0.05, 0) is 73.6 Å². The number of fused-ring (bicyclic) bond motifs is 1. The molecule has 2 aromatic carbocycles. The molecule has 0 bridgehead atoms. The van der Waals surface area contributed by atoms with Crippen molar-refractivity contribution < 1.29 is 4.74 Å². The van der Waals surface area contributed by atoms with Crippen LogP contribution in [0, 0.1) is 0 Å². The maximum absolute atomic E-state index is 6.14. The number of halogens is 1. The maximum atomic E-state index is 6.14. The third kappa shape index (κ3) is 3.23. The summed E-state index contributed by atoms with van der Waals surface area (Å²) in [5.74, 6) is 0.993. The molecular weight excluding hydrogens is 306 g/mol. The molecule has 118 valence electrons. The lowest BCUT2D eigenvalue weighted by Gasteiger charge is -2.13. The molecule has 1 aliphatic carbocycles. The van der Waals surface area contributed by atoms with Crippen LogP contribution in [0.1, 0.15) is 36.8 Å². The van der Waals surface area contributed by atoms with Crippen LogP contribution in [0.25, 0.3) is 10.9 Å². The van der Waals surface area contributed by atoms with Crippen molar-refractivity contribution in [2.75, 3.05) is 0 Å². The van der Waals surface area contributed by atoms with Gasteiger partial charge in [-0.3, -0.25) is 0 Å². The van der Waals surface area contributed by atoms with Crippen molar-refractivity contribution in [1.29, 1.82) is 0 Å². The first-order valence-electron chi connectivity index (χ1n) is 8.29. The molecule has 3 heteroatoms. The van der Waals surface area contributed by atoms with E-state index in [0.717, 1.165) is 22.7 Å². The van der Waals surface area contributed by atoms with Crippen molar-refractivity contribution in [3.05, 3.63) is 64.8 Å². The first kappa shape index (κ1) is 14.6. The van der Waals surface area contributed by atoms with Gasteiger partial charge in [0.15, 0.2) is 0 Å². The van der Waals surface area contributed by atoms with Crippen LogP contribution in [0.3, 0.4) is 0 Å². The molecule has 0 aliphatic heterocycles. The monoisotopic (exact) mass is 325 g/mol. The van der Waals surface area contributed by atoms with E-state index in [1.807, 2.05) is 18.2 Å². The largest absolute Gasteiger partial charge is 0.490 e. The summed E-state index contributed by atoms with van der Waals surface area (Å²) >= 11 is 6.14. The van der Waals surface area contributed by atoms with Crippen LogP contribution in [0.2, 0.25) is 5.02 Å². The zero-order chi connectivity index (χ0) is 15.6. The lowest BCUT2D eigenvalue weighted by molar-refractivity contribution is 0.210. The minimum absolute atomic E-state index is 0.400. The third-order valence-electron chi connectivity index (χ3n) is 4.63. The van der Waals surface area contributed by atoms with Crippen molar-refractivity contribution in [1.82, 2.24) is 4.98 Å². The highest BCUT2D eigenvalue weighted by molar-refractivity contribution is 6.31. The van der Waals surface area contributed by atoms with Gasteiger partial charge in [0, 0.05) is 22.1 Å². The minimum Gasteiger partial charge on any atom is -0.490 e. The van der Waals surface area contributed by atoms with Gasteiger partial charge < -0.3 is 9.72 Å². The number of aromatic amines is 1. The first-order chi connectivity index (χ1) is 11.3. The van der Waals surface area contributed by atoms with Crippen molar-refractivity contribution in [3.8, 4) is 5.75 Å². The third-order valence-corrected chi connectivity index (χ3v) is 4.86. The number of nitrogens with one attached hydrogen (secondary N) is 1. The van der Waals surface area contributed by atoms with Gasteiger partial charge in [-0.1, -0.05) is 23.7 Å². The fourth-order valence-electron chi connectivity index (χ4n) is 3.44. The van der Waals surface area contributed by atoms with E-state index in [9.17, 15) is 0 Å². The van der Waals surface area contributed by atoms with Gasteiger partial charge in [0.25, 0.3) is 0 Å². The van der Waals surface area contributed by atoms with Crippen LogP contribution in [0.4, 0.5) is 0 Å². The molecule has 0 saturated heterocycles. The number of H-pyrrole nitrogens is 1. The lowest BCUT2D eigenvalue weighted by atomic mass is 10.0.